The third-order valence-electron chi connectivity index (χ3n) is 3.91. The number of alkyl halides is 2. The molecule has 4 aromatic rings. The first-order valence-electron chi connectivity index (χ1n) is 7.95. The zero-order valence-electron chi connectivity index (χ0n) is 14.0. The van der Waals surface area contributed by atoms with Crippen LogP contribution in [0.3, 0.4) is 0 Å². The van der Waals surface area contributed by atoms with E-state index >= 15 is 0 Å². The molecular formula is C18H13BrF2N4OS. The summed E-state index contributed by atoms with van der Waals surface area (Å²) in [7, 11) is 0. The molecule has 0 aliphatic carbocycles. The van der Waals surface area contributed by atoms with E-state index in [1.807, 2.05) is 18.2 Å². The smallest absolute Gasteiger partial charge is 0.301 e. The van der Waals surface area contributed by atoms with Crippen LogP contribution in [0.25, 0.3) is 21.8 Å². The van der Waals surface area contributed by atoms with Gasteiger partial charge in [-0.2, -0.15) is 8.78 Å². The maximum Gasteiger partial charge on any atom is 0.301 e. The molecule has 0 unspecified atom stereocenters. The van der Waals surface area contributed by atoms with Crippen LogP contribution in [0, 0.1) is 0 Å². The van der Waals surface area contributed by atoms with Gasteiger partial charge in [0.15, 0.2) is 17.3 Å². The van der Waals surface area contributed by atoms with Crippen LogP contribution in [-0.4, -0.2) is 15.0 Å². The predicted octanol–water partition coefficient (Wildman–Crippen LogP) is 5.39. The molecule has 0 aliphatic rings. The number of nitrogens with zero attached hydrogens (tertiary/aromatic N) is 3. The number of hydrogen-bond donors (Lipinski definition) is 1. The van der Waals surface area contributed by atoms with Crippen LogP contribution in [0.1, 0.15) is 23.3 Å². The Kier molecular flexibility index (Phi) is 4.43. The van der Waals surface area contributed by atoms with E-state index in [9.17, 15) is 8.78 Å². The van der Waals surface area contributed by atoms with Crippen molar-refractivity contribution in [3.05, 3.63) is 57.3 Å². The molecule has 5 nitrogen and oxygen atoms in total. The molecule has 0 aliphatic heterocycles. The van der Waals surface area contributed by atoms with Crippen LogP contribution in [0.15, 0.2) is 45.4 Å². The van der Waals surface area contributed by atoms with Crippen molar-refractivity contribution in [1.82, 2.24) is 15.0 Å². The van der Waals surface area contributed by atoms with E-state index in [0.717, 1.165) is 27.4 Å². The Hall–Kier alpha value is -2.39. The number of rotatable bonds is 4. The third kappa shape index (κ3) is 3.57. The minimum absolute atomic E-state index is 0.155. The van der Waals surface area contributed by atoms with Gasteiger partial charge < -0.3 is 10.2 Å². The average Bonchev–Trinajstić information content (AvgIpc) is 3.23. The van der Waals surface area contributed by atoms with Crippen molar-refractivity contribution >= 4 is 43.3 Å². The van der Waals surface area contributed by atoms with Gasteiger partial charge in [-0.1, -0.05) is 0 Å². The highest BCUT2D eigenvalue weighted by molar-refractivity contribution is 9.10. The van der Waals surface area contributed by atoms with Crippen LogP contribution in [0.5, 0.6) is 0 Å². The van der Waals surface area contributed by atoms with Gasteiger partial charge in [0.1, 0.15) is 10.6 Å². The molecule has 4 heterocycles. The number of furan rings is 1. The number of anilines is 1. The van der Waals surface area contributed by atoms with E-state index in [1.54, 1.807) is 6.20 Å². The Morgan fingerprint density at radius 3 is 2.78 bits per heavy atom. The lowest BCUT2D eigenvalue weighted by Gasteiger charge is -2.05. The monoisotopic (exact) mass is 450 g/mol. The van der Waals surface area contributed by atoms with Gasteiger partial charge in [-0.3, -0.25) is 4.98 Å². The van der Waals surface area contributed by atoms with E-state index in [-0.39, 0.29) is 17.4 Å². The summed E-state index contributed by atoms with van der Waals surface area (Å²) in [4.78, 5) is 14.7. The topological polar surface area (TPSA) is 77.8 Å². The highest BCUT2D eigenvalue weighted by Crippen LogP contribution is 2.34. The molecule has 9 heteroatoms. The third-order valence-corrected chi connectivity index (χ3v) is 5.66. The maximum absolute atomic E-state index is 13.4. The number of fused-ring (bicyclic) bond motifs is 1. The molecule has 0 saturated carbocycles. The zero-order chi connectivity index (χ0) is 19.2. The van der Waals surface area contributed by atoms with E-state index < -0.39 is 11.7 Å². The summed E-state index contributed by atoms with van der Waals surface area (Å²) < 4.78 is 32.9. The molecule has 138 valence electrons. The fourth-order valence-corrected chi connectivity index (χ4v) is 4.03. The summed E-state index contributed by atoms with van der Waals surface area (Å²) in [5.74, 6) is -2.89. The van der Waals surface area contributed by atoms with Crippen molar-refractivity contribution in [2.45, 2.75) is 19.3 Å². The number of thiophene rings is 1. The van der Waals surface area contributed by atoms with Crippen LogP contribution < -0.4 is 5.73 Å². The molecule has 4 aromatic heterocycles. The molecule has 27 heavy (non-hydrogen) atoms. The van der Waals surface area contributed by atoms with E-state index in [0.29, 0.717) is 11.3 Å². The van der Waals surface area contributed by atoms with Crippen molar-refractivity contribution < 1.29 is 13.2 Å². The van der Waals surface area contributed by atoms with Gasteiger partial charge in [0, 0.05) is 28.9 Å². The van der Waals surface area contributed by atoms with Gasteiger partial charge in [-0.25, -0.2) is 9.97 Å². The number of hydrogen-bond acceptors (Lipinski definition) is 6. The molecule has 0 radical (unpaired) electrons. The molecule has 0 aromatic carbocycles. The number of pyridine rings is 1. The first kappa shape index (κ1) is 18.0. The van der Waals surface area contributed by atoms with E-state index in [2.05, 4.69) is 30.9 Å². The summed E-state index contributed by atoms with van der Waals surface area (Å²) >= 11 is 4.94. The Morgan fingerprint density at radius 1 is 1.26 bits per heavy atom. The highest BCUT2D eigenvalue weighted by Gasteiger charge is 2.29. The number of nitrogens with two attached hydrogens (primary N) is 1. The molecule has 2 N–H and O–H groups in total. The van der Waals surface area contributed by atoms with Crippen LogP contribution >= 0.6 is 27.3 Å². The van der Waals surface area contributed by atoms with Crippen molar-refractivity contribution in [3.8, 4) is 11.6 Å². The molecule has 4 rings (SSSR count). The molecular weight excluding hydrogens is 438 g/mol. The predicted molar refractivity (Wildman–Crippen MR) is 104 cm³/mol. The van der Waals surface area contributed by atoms with Crippen molar-refractivity contribution in [1.29, 1.82) is 0 Å². The molecule has 0 bridgehead atoms. The first-order chi connectivity index (χ1) is 12.8. The Balaban J connectivity index is 1.71. The highest BCUT2D eigenvalue weighted by atomic mass is 79.9. The van der Waals surface area contributed by atoms with Crippen molar-refractivity contribution in [3.63, 3.8) is 0 Å². The fourth-order valence-electron chi connectivity index (χ4n) is 2.60. The average molecular weight is 451 g/mol. The van der Waals surface area contributed by atoms with Crippen molar-refractivity contribution in [2.75, 3.05) is 5.73 Å². The van der Waals surface area contributed by atoms with Crippen molar-refractivity contribution in [2.24, 2.45) is 0 Å². The lowest BCUT2D eigenvalue weighted by Crippen LogP contribution is -2.04. The summed E-state index contributed by atoms with van der Waals surface area (Å²) in [5, 5.41) is 0.721. The molecule has 0 spiro atoms. The molecule has 0 amide bonds. The van der Waals surface area contributed by atoms with E-state index in [4.69, 9.17) is 10.2 Å². The van der Waals surface area contributed by atoms with E-state index in [1.165, 1.54) is 23.5 Å². The van der Waals surface area contributed by atoms with Crippen LogP contribution in [0.4, 0.5) is 14.6 Å². The van der Waals surface area contributed by atoms with Crippen LogP contribution in [0.2, 0.25) is 0 Å². The van der Waals surface area contributed by atoms with Gasteiger partial charge in [0.25, 0.3) is 0 Å². The van der Waals surface area contributed by atoms with Gasteiger partial charge in [0.05, 0.1) is 11.1 Å². The summed E-state index contributed by atoms with van der Waals surface area (Å²) in [5.41, 5.74) is 6.96. The quantitative estimate of drug-likeness (QED) is 0.450. The second-order valence-corrected chi connectivity index (χ2v) is 7.99. The first-order valence-corrected chi connectivity index (χ1v) is 9.56. The Labute approximate surface area is 165 Å². The maximum atomic E-state index is 13.4. The number of aromatic nitrogens is 3. The van der Waals surface area contributed by atoms with Gasteiger partial charge in [-0.05, 0) is 46.3 Å². The second kappa shape index (κ2) is 6.65. The standard InChI is InChI=1S/C18H13BrF2N4OS/c1-18(20,21)14-5-4-13(26-14)16-24-15(22)10-7-9(27-17(10)25-16)8-12-11(19)3-2-6-23-12/h2-7H,8H2,1H3,(H2,22,24,25). The number of nitrogen functional groups attached to an aromatic ring is 1. The lowest BCUT2D eigenvalue weighted by molar-refractivity contribution is -0.00473. The Bertz CT molecular complexity index is 1140. The van der Waals surface area contributed by atoms with Crippen LogP contribution in [-0.2, 0) is 12.3 Å². The summed E-state index contributed by atoms with van der Waals surface area (Å²) in [6.07, 6.45) is 2.35. The molecule has 0 fully saturated rings. The Morgan fingerprint density at radius 2 is 2.07 bits per heavy atom. The molecule has 0 saturated heterocycles. The SMILES string of the molecule is CC(F)(F)c1ccc(-c2nc(N)c3cc(Cc4ncccc4Br)sc3n2)o1. The molecule has 0 atom stereocenters. The number of halogens is 3. The van der Waals surface area contributed by atoms with Gasteiger partial charge in [-0.15, -0.1) is 11.3 Å². The summed E-state index contributed by atoms with van der Waals surface area (Å²) in [6, 6.07) is 8.35. The fraction of sp³-hybridized carbons (Fsp3) is 0.167. The summed E-state index contributed by atoms with van der Waals surface area (Å²) in [6.45, 7) is 0.773. The lowest BCUT2D eigenvalue weighted by atomic mass is 10.2. The van der Waals surface area contributed by atoms with Gasteiger partial charge >= 0.3 is 5.92 Å². The largest absolute Gasteiger partial charge is 0.451 e. The minimum atomic E-state index is -3.07. The zero-order valence-corrected chi connectivity index (χ0v) is 16.4. The second-order valence-electron chi connectivity index (χ2n) is 6.02. The minimum Gasteiger partial charge on any atom is -0.451 e. The van der Waals surface area contributed by atoms with Gasteiger partial charge in [0.2, 0.25) is 0 Å². The normalized spacial score (nSPS) is 12.0.